The van der Waals surface area contributed by atoms with Crippen LogP contribution in [0.3, 0.4) is 0 Å². The van der Waals surface area contributed by atoms with E-state index in [4.69, 9.17) is 4.42 Å². The van der Waals surface area contributed by atoms with Gasteiger partial charge in [0, 0.05) is 12.6 Å². The molecule has 14 heavy (non-hydrogen) atoms. The largest absolute Gasteiger partial charge is 0.472 e. The van der Waals surface area contributed by atoms with Crippen molar-refractivity contribution in [2.75, 3.05) is 0 Å². The average molecular weight is 207 g/mol. The number of rotatable bonds is 3. The molecule has 0 aliphatic carbocycles. The topological polar surface area (TPSA) is 43.1 Å². The molecule has 0 atom stereocenters. The Morgan fingerprint density at radius 2 is 2.50 bits per heavy atom. The van der Waals surface area contributed by atoms with Crippen LogP contribution in [0.15, 0.2) is 29.2 Å². The molecule has 3 nitrogen and oxygen atoms in total. The minimum Gasteiger partial charge on any atom is -0.472 e. The quantitative estimate of drug-likeness (QED) is 0.726. The summed E-state index contributed by atoms with van der Waals surface area (Å²) in [5.74, 6) is 0.0944. The molecule has 0 aromatic carbocycles. The van der Waals surface area contributed by atoms with Crippen LogP contribution in [-0.4, -0.2) is 10.8 Å². The van der Waals surface area contributed by atoms with Crippen LogP contribution in [0.2, 0.25) is 0 Å². The summed E-state index contributed by atoms with van der Waals surface area (Å²) in [6, 6.07) is 1.80. The molecule has 0 aliphatic heterocycles. The third kappa shape index (κ3) is 1.90. The molecule has 0 spiro atoms. The molecule has 0 fully saturated rings. The van der Waals surface area contributed by atoms with E-state index in [0.29, 0.717) is 11.3 Å². The lowest BCUT2D eigenvalue weighted by molar-refractivity contribution is 0.0996. The van der Waals surface area contributed by atoms with Crippen molar-refractivity contribution in [3.63, 3.8) is 0 Å². The molecule has 0 bridgehead atoms. The number of furan rings is 1. The van der Waals surface area contributed by atoms with E-state index in [1.807, 2.05) is 6.92 Å². The second-order valence-corrected chi connectivity index (χ2v) is 4.21. The van der Waals surface area contributed by atoms with Crippen molar-refractivity contribution in [1.29, 1.82) is 0 Å². The highest BCUT2D eigenvalue weighted by Gasteiger charge is 2.10. The zero-order chi connectivity index (χ0) is 9.97. The Morgan fingerprint density at radius 1 is 1.64 bits per heavy atom. The van der Waals surface area contributed by atoms with Crippen LogP contribution in [0, 0.1) is 6.92 Å². The van der Waals surface area contributed by atoms with Gasteiger partial charge in [0.2, 0.25) is 0 Å². The Hall–Kier alpha value is -1.42. The number of hydrogen-bond acceptors (Lipinski definition) is 4. The van der Waals surface area contributed by atoms with Crippen LogP contribution < -0.4 is 0 Å². The predicted molar refractivity (Wildman–Crippen MR) is 53.6 cm³/mol. The van der Waals surface area contributed by atoms with Gasteiger partial charge >= 0.3 is 0 Å². The number of nitrogens with zero attached hydrogens (tertiary/aromatic N) is 1. The predicted octanol–water partition coefficient (Wildman–Crippen LogP) is 2.47. The van der Waals surface area contributed by atoms with Gasteiger partial charge in [-0.25, -0.2) is 4.98 Å². The molecule has 0 unspecified atom stereocenters. The normalized spacial score (nSPS) is 10.4. The van der Waals surface area contributed by atoms with Gasteiger partial charge in [-0.3, -0.25) is 4.79 Å². The Labute approximate surface area is 85.4 Å². The third-order valence-corrected chi connectivity index (χ3v) is 2.79. The van der Waals surface area contributed by atoms with Crippen molar-refractivity contribution in [3.05, 3.63) is 40.2 Å². The number of carbonyl (C=O) groups is 1. The molecule has 0 amide bonds. The number of aryl methyl sites for hydroxylation is 1. The number of Topliss-reactive ketones (excluding diaryl/α,β-unsaturated/α-hetero) is 1. The smallest absolute Gasteiger partial charge is 0.178 e. The zero-order valence-electron chi connectivity index (χ0n) is 7.69. The van der Waals surface area contributed by atoms with Crippen LogP contribution in [0.25, 0.3) is 0 Å². The Balaban J connectivity index is 2.10. The number of hydrogen-bond donors (Lipinski definition) is 0. The van der Waals surface area contributed by atoms with Crippen molar-refractivity contribution in [1.82, 2.24) is 4.98 Å². The molecule has 2 rings (SSSR count). The first kappa shape index (κ1) is 9.15. The number of ketones is 1. The van der Waals surface area contributed by atoms with Crippen molar-refractivity contribution in [3.8, 4) is 0 Å². The Morgan fingerprint density at radius 3 is 3.07 bits per heavy atom. The maximum absolute atomic E-state index is 11.7. The lowest BCUT2D eigenvalue weighted by Crippen LogP contribution is -1.99. The van der Waals surface area contributed by atoms with Gasteiger partial charge < -0.3 is 4.42 Å². The molecule has 4 heteroatoms. The Bertz CT molecular complexity index is 431. The fourth-order valence-corrected chi connectivity index (χ4v) is 1.87. The molecular formula is C10H9NO2S. The van der Waals surface area contributed by atoms with Gasteiger partial charge in [-0.1, -0.05) is 0 Å². The van der Waals surface area contributed by atoms with E-state index in [9.17, 15) is 4.79 Å². The molecule has 72 valence electrons. The maximum atomic E-state index is 11.7. The van der Waals surface area contributed by atoms with Gasteiger partial charge in [0.1, 0.15) is 0 Å². The minimum atomic E-state index is 0.0944. The van der Waals surface area contributed by atoms with E-state index in [2.05, 4.69) is 4.98 Å². The van der Waals surface area contributed by atoms with Gasteiger partial charge in [0.15, 0.2) is 5.78 Å². The number of aromatic nitrogens is 1. The molecule has 0 saturated heterocycles. The first-order valence-corrected chi connectivity index (χ1v) is 5.04. The molecule has 0 N–H and O–H groups in total. The summed E-state index contributed by atoms with van der Waals surface area (Å²) in [6.07, 6.45) is 5.17. The molecule has 0 saturated carbocycles. The summed E-state index contributed by atoms with van der Waals surface area (Å²) < 4.78 is 4.89. The summed E-state index contributed by atoms with van der Waals surface area (Å²) in [6.45, 7) is 1.89. The summed E-state index contributed by atoms with van der Waals surface area (Å²) in [5, 5.41) is 0.917. The number of carbonyl (C=O) groups excluding carboxylic acids is 1. The van der Waals surface area contributed by atoms with Crippen LogP contribution in [-0.2, 0) is 6.42 Å². The van der Waals surface area contributed by atoms with Crippen molar-refractivity contribution >= 4 is 17.1 Å². The van der Waals surface area contributed by atoms with Gasteiger partial charge in [-0.2, -0.15) is 0 Å². The summed E-state index contributed by atoms with van der Waals surface area (Å²) in [4.78, 5) is 16.4. The summed E-state index contributed by atoms with van der Waals surface area (Å²) in [5.41, 5.74) is 0.904. The van der Waals surface area contributed by atoms with Gasteiger partial charge in [0.05, 0.1) is 22.4 Å². The highest BCUT2D eigenvalue weighted by molar-refractivity contribution is 7.13. The summed E-state index contributed by atoms with van der Waals surface area (Å²) in [7, 11) is 0. The monoisotopic (exact) mass is 207 g/mol. The molecular weight excluding hydrogens is 198 g/mol. The Kier molecular flexibility index (Phi) is 2.45. The second kappa shape index (κ2) is 3.75. The fraction of sp³-hybridized carbons (Fsp3) is 0.200. The van der Waals surface area contributed by atoms with Gasteiger partial charge in [0.25, 0.3) is 0 Å². The lowest BCUT2D eigenvalue weighted by atomic mass is 10.1. The minimum absolute atomic E-state index is 0.0944. The molecule has 0 aliphatic rings. The molecule has 2 aromatic rings. The van der Waals surface area contributed by atoms with Crippen molar-refractivity contribution in [2.24, 2.45) is 0 Å². The highest BCUT2D eigenvalue weighted by atomic mass is 32.1. The molecule has 2 heterocycles. The van der Waals surface area contributed by atoms with Crippen LogP contribution in [0.4, 0.5) is 0 Å². The fourth-order valence-electron chi connectivity index (χ4n) is 1.16. The number of thiazole rings is 1. The van der Waals surface area contributed by atoms with Crippen molar-refractivity contribution < 1.29 is 9.21 Å². The highest BCUT2D eigenvalue weighted by Crippen LogP contribution is 2.14. The van der Waals surface area contributed by atoms with Crippen LogP contribution in [0.5, 0.6) is 0 Å². The first-order valence-electron chi connectivity index (χ1n) is 4.22. The first-order chi connectivity index (χ1) is 6.75. The SMILES string of the molecule is Cc1ncc(C(=O)Cc2ccoc2)s1. The van der Waals surface area contributed by atoms with E-state index < -0.39 is 0 Å². The van der Waals surface area contributed by atoms with E-state index in [1.54, 1.807) is 24.8 Å². The summed E-state index contributed by atoms with van der Waals surface area (Å²) >= 11 is 1.43. The lowest BCUT2D eigenvalue weighted by Gasteiger charge is -1.92. The molecule has 2 aromatic heterocycles. The van der Waals surface area contributed by atoms with E-state index in [0.717, 1.165) is 10.6 Å². The second-order valence-electron chi connectivity index (χ2n) is 2.98. The maximum Gasteiger partial charge on any atom is 0.178 e. The van der Waals surface area contributed by atoms with Gasteiger partial charge in [-0.05, 0) is 18.6 Å². The van der Waals surface area contributed by atoms with Crippen molar-refractivity contribution in [2.45, 2.75) is 13.3 Å². The van der Waals surface area contributed by atoms with E-state index >= 15 is 0 Å². The average Bonchev–Trinajstić information content (AvgIpc) is 2.75. The van der Waals surface area contributed by atoms with Crippen LogP contribution >= 0.6 is 11.3 Å². The van der Waals surface area contributed by atoms with Crippen LogP contribution in [0.1, 0.15) is 20.2 Å². The van der Waals surface area contributed by atoms with E-state index in [-0.39, 0.29) is 5.78 Å². The molecule has 0 radical (unpaired) electrons. The third-order valence-electron chi connectivity index (χ3n) is 1.84. The zero-order valence-corrected chi connectivity index (χ0v) is 8.50. The standard InChI is InChI=1S/C10H9NO2S/c1-7-11-5-10(14-7)9(12)4-8-2-3-13-6-8/h2-3,5-6H,4H2,1H3. The van der Waals surface area contributed by atoms with E-state index in [1.165, 1.54) is 11.3 Å². The van der Waals surface area contributed by atoms with Gasteiger partial charge in [-0.15, -0.1) is 11.3 Å².